The summed E-state index contributed by atoms with van der Waals surface area (Å²) in [6, 6.07) is 14.5. The Bertz CT molecular complexity index is 1080. The summed E-state index contributed by atoms with van der Waals surface area (Å²) in [5, 5.41) is 0.0845. The van der Waals surface area contributed by atoms with Gasteiger partial charge in [-0.2, -0.15) is 0 Å². The van der Waals surface area contributed by atoms with E-state index in [-0.39, 0.29) is 28.5 Å². The molecule has 0 radical (unpaired) electrons. The lowest BCUT2D eigenvalue weighted by atomic mass is 9.99. The number of rotatable bonds is 6. The van der Waals surface area contributed by atoms with Crippen LogP contribution in [-0.4, -0.2) is 51.6 Å². The van der Waals surface area contributed by atoms with Gasteiger partial charge in [0.2, 0.25) is 10.0 Å². The first kappa shape index (κ1) is 22.0. The maximum Gasteiger partial charge on any atom is 0.254 e. The fourth-order valence-corrected chi connectivity index (χ4v) is 5.47. The molecule has 0 saturated carbocycles. The highest BCUT2D eigenvalue weighted by Gasteiger charge is 2.25. The molecule has 4 rings (SSSR count). The van der Waals surface area contributed by atoms with E-state index >= 15 is 0 Å². The van der Waals surface area contributed by atoms with Gasteiger partial charge in [0.25, 0.3) is 5.91 Å². The molecule has 1 atom stereocenters. The summed E-state index contributed by atoms with van der Waals surface area (Å²) in [6.45, 7) is 1.88. The van der Waals surface area contributed by atoms with Gasteiger partial charge in [0.15, 0.2) is 0 Å². The van der Waals surface area contributed by atoms with Crippen LogP contribution in [0.1, 0.15) is 35.2 Å². The summed E-state index contributed by atoms with van der Waals surface area (Å²) in [4.78, 5) is 14.6. The van der Waals surface area contributed by atoms with Crippen molar-refractivity contribution in [3.8, 4) is 0 Å². The molecule has 2 aromatic carbocycles. The number of hydrogen-bond donors (Lipinski definition) is 1. The van der Waals surface area contributed by atoms with Crippen molar-refractivity contribution in [2.75, 3.05) is 26.2 Å². The van der Waals surface area contributed by atoms with Gasteiger partial charge in [-0.3, -0.25) is 4.79 Å². The molecule has 0 aromatic heterocycles. The zero-order chi connectivity index (χ0) is 21.8. The molecule has 0 unspecified atom stereocenters. The van der Waals surface area contributed by atoms with Crippen LogP contribution in [0.4, 0.5) is 0 Å². The molecule has 1 amide bonds. The number of amides is 1. The number of carbonyl (C=O) groups is 1. The van der Waals surface area contributed by atoms with Crippen LogP contribution in [0.5, 0.6) is 0 Å². The third-order valence-corrected chi connectivity index (χ3v) is 7.54. The van der Waals surface area contributed by atoms with Crippen molar-refractivity contribution in [2.24, 2.45) is 0 Å². The van der Waals surface area contributed by atoms with Crippen LogP contribution in [0, 0.1) is 0 Å². The highest BCUT2D eigenvalue weighted by molar-refractivity contribution is 7.89. The van der Waals surface area contributed by atoms with Crippen molar-refractivity contribution in [1.82, 2.24) is 9.62 Å². The molecule has 164 valence electrons. The van der Waals surface area contributed by atoms with E-state index in [1.54, 1.807) is 11.0 Å². The van der Waals surface area contributed by atoms with Gasteiger partial charge < -0.3 is 9.64 Å². The maximum absolute atomic E-state index is 13.0. The SMILES string of the molecule is O=C(c1ccc(Cl)c(S(=O)(=O)NC[C@@H]2CCCO2)c1)N1CC=C(c2ccccc2)CC1. The third-order valence-electron chi connectivity index (χ3n) is 5.63. The molecule has 1 fully saturated rings. The smallest absolute Gasteiger partial charge is 0.254 e. The van der Waals surface area contributed by atoms with Crippen molar-refractivity contribution in [2.45, 2.75) is 30.3 Å². The Labute approximate surface area is 187 Å². The van der Waals surface area contributed by atoms with E-state index in [1.807, 2.05) is 24.3 Å². The second-order valence-corrected chi connectivity index (χ2v) is 9.87. The largest absolute Gasteiger partial charge is 0.377 e. The minimum atomic E-state index is -3.85. The van der Waals surface area contributed by atoms with Crippen LogP contribution in [-0.2, 0) is 14.8 Å². The van der Waals surface area contributed by atoms with E-state index in [4.69, 9.17) is 16.3 Å². The summed E-state index contributed by atoms with van der Waals surface area (Å²) in [6.07, 6.45) is 4.41. The normalized spacial score (nSPS) is 19.3. The van der Waals surface area contributed by atoms with Crippen molar-refractivity contribution in [3.63, 3.8) is 0 Å². The molecule has 1 saturated heterocycles. The zero-order valence-corrected chi connectivity index (χ0v) is 18.7. The second kappa shape index (κ2) is 9.53. The lowest BCUT2D eigenvalue weighted by molar-refractivity contribution is 0.0772. The molecule has 0 bridgehead atoms. The predicted molar refractivity (Wildman–Crippen MR) is 121 cm³/mol. The van der Waals surface area contributed by atoms with Crippen molar-refractivity contribution >= 4 is 33.1 Å². The lowest BCUT2D eigenvalue weighted by Crippen LogP contribution is -2.35. The molecule has 8 heteroatoms. The van der Waals surface area contributed by atoms with Crippen molar-refractivity contribution in [3.05, 3.63) is 70.8 Å². The zero-order valence-electron chi connectivity index (χ0n) is 17.1. The topological polar surface area (TPSA) is 75.7 Å². The summed E-state index contributed by atoms with van der Waals surface area (Å²) >= 11 is 6.17. The van der Waals surface area contributed by atoms with Crippen molar-refractivity contribution in [1.29, 1.82) is 0 Å². The van der Waals surface area contributed by atoms with Crippen LogP contribution in [0.2, 0.25) is 5.02 Å². The number of nitrogens with zero attached hydrogens (tertiary/aromatic N) is 1. The van der Waals surface area contributed by atoms with E-state index in [0.29, 0.717) is 25.3 Å². The molecule has 1 N–H and O–H groups in total. The summed E-state index contributed by atoms with van der Waals surface area (Å²) in [5.41, 5.74) is 2.67. The van der Waals surface area contributed by atoms with Crippen LogP contribution >= 0.6 is 11.6 Å². The number of ether oxygens (including phenoxy) is 1. The van der Waals surface area contributed by atoms with E-state index in [2.05, 4.69) is 16.9 Å². The molecule has 2 aliphatic heterocycles. The average molecular weight is 461 g/mol. The molecular weight excluding hydrogens is 436 g/mol. The van der Waals surface area contributed by atoms with Gasteiger partial charge in [-0.25, -0.2) is 13.1 Å². The van der Waals surface area contributed by atoms with Gasteiger partial charge in [-0.1, -0.05) is 48.0 Å². The van der Waals surface area contributed by atoms with E-state index in [9.17, 15) is 13.2 Å². The molecule has 2 aliphatic rings. The molecule has 0 aliphatic carbocycles. The Kier molecular flexibility index (Phi) is 6.77. The fraction of sp³-hybridized carbons (Fsp3) is 0.348. The third kappa shape index (κ3) is 5.18. The Hall–Kier alpha value is -2.19. The molecular formula is C23H25ClN2O4S. The second-order valence-electron chi connectivity index (χ2n) is 7.73. The van der Waals surface area contributed by atoms with Gasteiger partial charge in [0.1, 0.15) is 4.90 Å². The Morgan fingerprint density at radius 1 is 1.19 bits per heavy atom. The van der Waals surface area contributed by atoms with Crippen LogP contribution < -0.4 is 4.72 Å². The highest BCUT2D eigenvalue weighted by atomic mass is 35.5. The lowest BCUT2D eigenvalue weighted by Gasteiger charge is -2.27. The van der Waals surface area contributed by atoms with E-state index in [1.165, 1.54) is 17.7 Å². The molecule has 0 spiro atoms. The Morgan fingerprint density at radius 3 is 2.68 bits per heavy atom. The van der Waals surface area contributed by atoms with E-state index < -0.39 is 10.0 Å². The fourth-order valence-electron chi connectivity index (χ4n) is 3.88. The number of nitrogens with one attached hydrogen (secondary N) is 1. The van der Waals surface area contributed by atoms with E-state index in [0.717, 1.165) is 24.8 Å². The monoisotopic (exact) mass is 460 g/mol. The maximum atomic E-state index is 13.0. The van der Waals surface area contributed by atoms with Crippen LogP contribution in [0.3, 0.4) is 0 Å². The van der Waals surface area contributed by atoms with Gasteiger partial charge in [-0.15, -0.1) is 0 Å². The Morgan fingerprint density at radius 2 is 2.00 bits per heavy atom. The van der Waals surface area contributed by atoms with Gasteiger partial charge in [0.05, 0.1) is 11.1 Å². The summed E-state index contributed by atoms with van der Waals surface area (Å²) in [7, 11) is -3.85. The summed E-state index contributed by atoms with van der Waals surface area (Å²) in [5.74, 6) is -0.212. The van der Waals surface area contributed by atoms with Gasteiger partial charge in [0, 0.05) is 31.8 Å². The average Bonchev–Trinajstić information content (AvgIpc) is 3.32. The first-order chi connectivity index (χ1) is 14.9. The standard InChI is InChI=1S/C23H25ClN2O4S/c24-21-9-8-19(15-22(21)31(28,29)25-16-20-7-4-14-30-20)23(27)26-12-10-18(11-13-26)17-5-2-1-3-6-17/h1-3,5-6,8-10,15,20,25H,4,7,11-14,16H2/t20-/m0/s1. The number of carbonyl (C=O) groups excluding carboxylic acids is 1. The first-order valence-electron chi connectivity index (χ1n) is 10.4. The van der Waals surface area contributed by atoms with Crippen LogP contribution in [0.25, 0.3) is 5.57 Å². The minimum Gasteiger partial charge on any atom is -0.377 e. The Balaban J connectivity index is 1.47. The van der Waals surface area contributed by atoms with Gasteiger partial charge in [-0.05, 0) is 48.6 Å². The predicted octanol–water partition coefficient (Wildman–Crippen LogP) is 3.73. The van der Waals surface area contributed by atoms with Crippen LogP contribution in [0.15, 0.2) is 59.5 Å². The molecule has 6 nitrogen and oxygen atoms in total. The van der Waals surface area contributed by atoms with Gasteiger partial charge >= 0.3 is 0 Å². The first-order valence-corrected chi connectivity index (χ1v) is 12.2. The quantitative estimate of drug-likeness (QED) is 0.712. The highest BCUT2D eigenvalue weighted by Crippen LogP contribution is 2.26. The molecule has 31 heavy (non-hydrogen) atoms. The summed E-state index contributed by atoms with van der Waals surface area (Å²) < 4.78 is 33.6. The molecule has 2 heterocycles. The van der Waals surface area contributed by atoms with Crippen molar-refractivity contribution < 1.29 is 17.9 Å². The molecule has 2 aromatic rings. The minimum absolute atomic E-state index is 0.0845. The number of halogens is 1. The number of hydrogen-bond acceptors (Lipinski definition) is 4. The number of sulfonamides is 1. The number of benzene rings is 2.